The van der Waals surface area contributed by atoms with E-state index in [0.717, 1.165) is 16.6 Å². The topological polar surface area (TPSA) is 115 Å². The fraction of sp³-hybridized carbons (Fsp3) is 0.324. The van der Waals surface area contributed by atoms with Crippen molar-refractivity contribution in [2.45, 2.75) is 52.6 Å². The van der Waals surface area contributed by atoms with Crippen molar-refractivity contribution in [2.24, 2.45) is 7.05 Å². The average Bonchev–Trinajstić information content (AvgIpc) is 3.36. The summed E-state index contributed by atoms with van der Waals surface area (Å²) in [5.41, 5.74) is 8.78. The second kappa shape index (κ2) is 11.3. The van der Waals surface area contributed by atoms with Gasteiger partial charge >= 0.3 is 5.69 Å². The van der Waals surface area contributed by atoms with Crippen molar-refractivity contribution in [3.63, 3.8) is 0 Å². The maximum Gasteiger partial charge on any atom is 0.355 e. The van der Waals surface area contributed by atoms with Crippen LogP contribution in [0.25, 0.3) is 39.0 Å². The largest absolute Gasteiger partial charge is 0.398 e. The number of benzene rings is 2. The van der Waals surface area contributed by atoms with Crippen LogP contribution >= 0.6 is 0 Å². The minimum Gasteiger partial charge on any atom is -0.398 e. The summed E-state index contributed by atoms with van der Waals surface area (Å²) >= 11 is 0. The van der Waals surface area contributed by atoms with Gasteiger partial charge in [0.15, 0.2) is 11.5 Å². The zero-order valence-corrected chi connectivity index (χ0v) is 26.7. The van der Waals surface area contributed by atoms with Gasteiger partial charge < -0.3 is 20.1 Å². The Bertz CT molecular complexity index is 2100. The SMILES string of the molecule is C=CC(=O)N1C[C@H](C)N(c2nc(=O)n(-c3c(C)cc4c(ncn4C)c3C(C)C)c3nc(-c4c(N)cccc4F)c(F)cc23)C[C@H]1C. The molecule has 0 unspecified atom stereocenters. The number of imidazole rings is 1. The first-order chi connectivity index (χ1) is 21.8. The molecule has 2 N–H and O–H groups in total. The molecule has 4 heterocycles. The van der Waals surface area contributed by atoms with E-state index in [-0.39, 0.29) is 57.7 Å². The summed E-state index contributed by atoms with van der Waals surface area (Å²) in [6.07, 6.45) is 2.99. The van der Waals surface area contributed by atoms with Crippen molar-refractivity contribution < 1.29 is 13.6 Å². The Morgan fingerprint density at radius 3 is 2.52 bits per heavy atom. The molecule has 1 fully saturated rings. The number of nitrogen functional groups attached to an aromatic ring is 1. The van der Waals surface area contributed by atoms with Crippen LogP contribution in [0.2, 0.25) is 0 Å². The molecule has 0 bridgehead atoms. The van der Waals surface area contributed by atoms with Crippen molar-refractivity contribution in [3.05, 3.63) is 82.6 Å². The number of carbonyl (C=O) groups excluding carboxylic acids is 1. The molecule has 5 aromatic rings. The van der Waals surface area contributed by atoms with Gasteiger partial charge in [-0.25, -0.2) is 28.1 Å². The minimum absolute atomic E-state index is 0.00772. The summed E-state index contributed by atoms with van der Waals surface area (Å²) in [5.74, 6) is -1.61. The highest BCUT2D eigenvalue weighted by Gasteiger charge is 2.34. The van der Waals surface area contributed by atoms with Crippen LogP contribution in [0.4, 0.5) is 20.3 Å². The Labute approximate surface area is 264 Å². The molecule has 10 nitrogen and oxygen atoms in total. The van der Waals surface area contributed by atoms with Gasteiger partial charge in [-0.3, -0.25) is 4.79 Å². The van der Waals surface area contributed by atoms with E-state index in [1.165, 1.54) is 34.9 Å². The lowest BCUT2D eigenvalue weighted by atomic mass is 9.95. The molecule has 1 saturated heterocycles. The van der Waals surface area contributed by atoms with E-state index in [9.17, 15) is 9.59 Å². The summed E-state index contributed by atoms with van der Waals surface area (Å²) in [5, 5.41) is 0.258. The smallest absolute Gasteiger partial charge is 0.355 e. The number of rotatable bonds is 5. The number of hydrogen-bond acceptors (Lipinski definition) is 7. The average molecular weight is 627 g/mol. The molecule has 1 aliphatic heterocycles. The Kier molecular flexibility index (Phi) is 7.61. The van der Waals surface area contributed by atoms with E-state index >= 15 is 8.78 Å². The summed E-state index contributed by atoms with van der Waals surface area (Å²) < 4.78 is 34.6. The highest BCUT2D eigenvalue weighted by Crippen LogP contribution is 2.38. The lowest BCUT2D eigenvalue weighted by molar-refractivity contribution is -0.128. The molecule has 2 atom stereocenters. The number of nitrogens with two attached hydrogens (primary N) is 1. The van der Waals surface area contributed by atoms with Crippen LogP contribution in [0.3, 0.4) is 0 Å². The van der Waals surface area contributed by atoms with E-state index in [2.05, 4.69) is 21.5 Å². The third kappa shape index (κ3) is 4.79. The molecular formula is C34H36F2N8O2. The lowest BCUT2D eigenvalue weighted by Crippen LogP contribution is -2.58. The number of hydrogen-bond donors (Lipinski definition) is 1. The molecule has 0 aliphatic carbocycles. The van der Waals surface area contributed by atoms with Crippen molar-refractivity contribution >= 4 is 39.5 Å². The van der Waals surface area contributed by atoms with Gasteiger partial charge in [0.25, 0.3) is 0 Å². The maximum atomic E-state index is 16.1. The summed E-state index contributed by atoms with van der Waals surface area (Å²) in [6, 6.07) is 6.73. The summed E-state index contributed by atoms with van der Waals surface area (Å²) in [6.45, 7) is 14.0. The molecule has 2 aromatic carbocycles. The number of aromatic nitrogens is 5. The molecule has 1 amide bonds. The predicted molar refractivity (Wildman–Crippen MR) is 176 cm³/mol. The van der Waals surface area contributed by atoms with Gasteiger partial charge in [-0.1, -0.05) is 26.5 Å². The number of piperazine rings is 1. The summed E-state index contributed by atoms with van der Waals surface area (Å²) in [4.78, 5) is 44.4. The second-order valence-corrected chi connectivity index (χ2v) is 12.3. The van der Waals surface area contributed by atoms with E-state index < -0.39 is 17.3 Å². The molecule has 1 aliphatic rings. The number of nitrogens with zero attached hydrogens (tertiary/aromatic N) is 7. The third-order valence-corrected chi connectivity index (χ3v) is 8.82. The highest BCUT2D eigenvalue weighted by molar-refractivity contribution is 5.93. The van der Waals surface area contributed by atoms with E-state index in [4.69, 9.17) is 5.73 Å². The van der Waals surface area contributed by atoms with Crippen molar-refractivity contribution in [3.8, 4) is 16.9 Å². The van der Waals surface area contributed by atoms with Crippen LogP contribution in [0, 0.1) is 18.6 Å². The maximum absolute atomic E-state index is 16.1. The number of fused-ring (bicyclic) bond motifs is 2. The highest BCUT2D eigenvalue weighted by atomic mass is 19.1. The molecule has 0 spiro atoms. The van der Waals surface area contributed by atoms with Gasteiger partial charge in [0, 0.05) is 43.5 Å². The van der Waals surface area contributed by atoms with Crippen LogP contribution in [-0.4, -0.2) is 60.1 Å². The van der Waals surface area contributed by atoms with Gasteiger partial charge in [-0.15, -0.1) is 0 Å². The van der Waals surface area contributed by atoms with Gasteiger partial charge in [-0.05, 0) is 62.6 Å². The summed E-state index contributed by atoms with van der Waals surface area (Å²) in [7, 11) is 1.90. The fourth-order valence-corrected chi connectivity index (χ4v) is 6.60. The van der Waals surface area contributed by atoms with Gasteiger partial charge in [0.1, 0.15) is 17.3 Å². The quantitative estimate of drug-likeness (QED) is 0.210. The molecule has 12 heteroatoms. The first-order valence-electron chi connectivity index (χ1n) is 15.2. The van der Waals surface area contributed by atoms with Crippen LogP contribution < -0.4 is 16.3 Å². The zero-order chi connectivity index (χ0) is 33.2. The van der Waals surface area contributed by atoms with Gasteiger partial charge in [0.05, 0.1) is 34.0 Å². The second-order valence-electron chi connectivity index (χ2n) is 12.3. The normalized spacial score (nSPS) is 17.0. The first-order valence-corrected chi connectivity index (χ1v) is 15.2. The van der Waals surface area contributed by atoms with Crippen LogP contribution in [0.15, 0.2) is 54.1 Å². The van der Waals surface area contributed by atoms with E-state index in [1.54, 1.807) is 11.2 Å². The fourth-order valence-electron chi connectivity index (χ4n) is 6.60. The number of amides is 1. The minimum atomic E-state index is -0.820. The number of pyridine rings is 1. The van der Waals surface area contributed by atoms with Gasteiger partial charge in [-0.2, -0.15) is 4.98 Å². The third-order valence-electron chi connectivity index (χ3n) is 8.82. The molecule has 238 valence electrons. The van der Waals surface area contributed by atoms with Crippen molar-refractivity contribution in [1.29, 1.82) is 0 Å². The van der Waals surface area contributed by atoms with E-state index in [1.807, 2.05) is 57.2 Å². The molecule has 3 aromatic heterocycles. The number of anilines is 2. The number of carbonyl (C=O) groups is 1. The Morgan fingerprint density at radius 2 is 1.85 bits per heavy atom. The van der Waals surface area contributed by atoms with Crippen molar-refractivity contribution in [2.75, 3.05) is 23.7 Å². The first kappa shape index (κ1) is 30.9. The monoisotopic (exact) mass is 626 g/mol. The Balaban J connectivity index is 1.71. The standard InChI is InChI=1S/C34H36F2N8O2/c1-8-26(45)42-14-20(6)43(15-19(42)5)32-21-13-23(36)29(28-22(35)10-9-11-24(28)37)39-33(21)44(34(46)40-32)31-18(4)12-25-30(27(31)17(2)3)38-16-41(25)7/h8-13,16-17,19-20H,1,14-15,37H2,2-7H3/t19-,20+/m1/s1. The molecule has 46 heavy (non-hydrogen) atoms. The lowest BCUT2D eigenvalue weighted by Gasteiger charge is -2.44. The Hall–Kier alpha value is -5.13. The molecule has 6 rings (SSSR count). The zero-order valence-electron chi connectivity index (χ0n) is 26.7. The van der Waals surface area contributed by atoms with Gasteiger partial charge in [0.2, 0.25) is 5.91 Å². The molecular weight excluding hydrogens is 590 g/mol. The Morgan fingerprint density at radius 1 is 1.11 bits per heavy atom. The predicted octanol–water partition coefficient (Wildman–Crippen LogP) is 5.24. The number of aryl methyl sites for hydroxylation is 2. The molecule has 0 saturated carbocycles. The van der Waals surface area contributed by atoms with Crippen LogP contribution in [0.5, 0.6) is 0 Å². The number of halogens is 2. The van der Waals surface area contributed by atoms with Crippen LogP contribution in [0.1, 0.15) is 44.7 Å². The van der Waals surface area contributed by atoms with Crippen molar-refractivity contribution in [1.82, 2.24) is 29.0 Å². The van der Waals surface area contributed by atoms with E-state index in [0.29, 0.717) is 24.3 Å². The molecule has 0 radical (unpaired) electrons. The van der Waals surface area contributed by atoms with Crippen LogP contribution in [-0.2, 0) is 11.8 Å².